The van der Waals surface area contributed by atoms with Crippen LogP contribution in [0.2, 0.25) is 0 Å². The first kappa shape index (κ1) is 50.6. The summed E-state index contributed by atoms with van der Waals surface area (Å²) >= 11 is 5.72. The summed E-state index contributed by atoms with van der Waals surface area (Å²) in [5, 5.41) is 8.96. The molecule has 2 saturated heterocycles. The molecule has 2 aliphatic carbocycles. The van der Waals surface area contributed by atoms with Crippen molar-refractivity contribution in [1.82, 2.24) is 9.80 Å². The van der Waals surface area contributed by atoms with Crippen LogP contribution in [-0.2, 0) is 32.3 Å². The molecule has 6 rings (SSSR count). The van der Waals surface area contributed by atoms with E-state index in [1.165, 1.54) is 4.90 Å². The Hall–Kier alpha value is -1.49. The van der Waals surface area contributed by atoms with Crippen molar-refractivity contribution in [2.45, 2.75) is 102 Å². The lowest BCUT2D eigenvalue weighted by Crippen LogP contribution is -2.46. The Bertz CT molecular complexity index is 1220. The summed E-state index contributed by atoms with van der Waals surface area (Å²) in [6, 6.07) is 17.8. The van der Waals surface area contributed by atoms with Gasteiger partial charge in [0.05, 0.1) is 0 Å². The van der Waals surface area contributed by atoms with Crippen LogP contribution in [0.5, 0.6) is 0 Å². The fraction of sp³-hybridized carbons (Fsp3) is 0.529. The maximum Gasteiger partial charge on any atom is 0.411 e. The second kappa shape index (κ2) is 24.7. The van der Waals surface area contributed by atoms with Gasteiger partial charge in [-0.1, -0.05) is 86.3 Å². The van der Waals surface area contributed by atoms with Crippen molar-refractivity contribution in [3.05, 3.63) is 71.8 Å². The highest BCUT2D eigenvalue weighted by Crippen LogP contribution is 2.41. The van der Waals surface area contributed by atoms with E-state index < -0.39 is 35.5 Å². The molecule has 16 heteroatoms. The van der Waals surface area contributed by atoms with Crippen LogP contribution in [0.4, 0.5) is 9.59 Å². The molecule has 284 valence electrons. The lowest BCUT2D eigenvalue weighted by atomic mass is 9.85. The van der Waals surface area contributed by atoms with E-state index in [0.29, 0.717) is 24.7 Å². The summed E-state index contributed by atoms with van der Waals surface area (Å²) in [7, 11) is 0. The third kappa shape index (κ3) is 12.9. The average molecular weight is 830 g/mol. The van der Waals surface area contributed by atoms with Crippen molar-refractivity contribution >= 4 is 116 Å². The standard InChI is InChI=1S/C17H20ClNO3.C17H21NO4.6H2S/c18-16(20)15-10-13-8-4-5-9-14(13)19(15)17(21)22-11-12-6-2-1-3-7-12;19-16(20)15-10-13-8-4-5-9-14(13)18(15)17(21)22-11-12-6-2-1-3-7-12;;;;;;/h1-3,6-7,13-15H,4-5,8-11H2;1-3,6-7,13-15H,4-5,8-11H2,(H,19,20);6*1H2/t2*13-,14-,15-;;;;;;/m00....../s1. The number of nitrogens with zero attached hydrogens (tertiary/aromatic N) is 2. The number of ether oxygens (including phenoxy) is 2. The smallest absolute Gasteiger partial charge is 0.411 e. The molecule has 0 radical (unpaired) electrons. The Morgan fingerprint density at radius 3 is 1.34 bits per heavy atom. The Morgan fingerprint density at radius 2 is 0.960 bits per heavy atom. The van der Waals surface area contributed by atoms with Crippen molar-refractivity contribution in [2.75, 3.05) is 0 Å². The first-order valence-corrected chi connectivity index (χ1v) is 16.1. The maximum atomic E-state index is 12.5. The van der Waals surface area contributed by atoms with Crippen molar-refractivity contribution in [1.29, 1.82) is 0 Å². The van der Waals surface area contributed by atoms with Crippen LogP contribution >= 0.6 is 92.6 Å². The zero-order chi connectivity index (χ0) is 31.1. The molecule has 2 heterocycles. The van der Waals surface area contributed by atoms with Crippen molar-refractivity contribution in [2.24, 2.45) is 11.8 Å². The topological polar surface area (TPSA) is 113 Å². The third-order valence-corrected chi connectivity index (χ3v) is 9.81. The number of aliphatic carboxylic acids is 1. The molecular weight excluding hydrogens is 776 g/mol. The maximum absolute atomic E-state index is 12.5. The van der Waals surface area contributed by atoms with E-state index in [-0.39, 0.29) is 106 Å². The molecule has 0 unspecified atom stereocenters. The second-order valence-electron chi connectivity index (χ2n) is 12.3. The molecule has 2 aromatic rings. The molecule has 50 heavy (non-hydrogen) atoms. The molecule has 0 spiro atoms. The molecule has 4 fully saturated rings. The first-order chi connectivity index (χ1) is 21.3. The number of hydrogen-bond acceptors (Lipinski definition) is 6. The summed E-state index contributed by atoms with van der Waals surface area (Å²) in [6.07, 6.45) is 8.64. The molecule has 1 N–H and O–H groups in total. The first-order valence-electron chi connectivity index (χ1n) is 15.7. The fourth-order valence-corrected chi connectivity index (χ4v) is 7.65. The molecule has 0 aromatic heterocycles. The Kier molecular flexibility index (Phi) is 25.0. The van der Waals surface area contributed by atoms with E-state index in [9.17, 15) is 24.3 Å². The number of halogens is 1. The number of hydrogen-bond donors (Lipinski definition) is 1. The van der Waals surface area contributed by atoms with Gasteiger partial charge in [-0.05, 0) is 73.1 Å². The largest absolute Gasteiger partial charge is 0.480 e. The molecule has 6 atom stereocenters. The van der Waals surface area contributed by atoms with Crippen molar-refractivity contribution < 1.29 is 33.8 Å². The van der Waals surface area contributed by atoms with Gasteiger partial charge in [0.15, 0.2) is 0 Å². The quantitative estimate of drug-likeness (QED) is 0.302. The van der Waals surface area contributed by atoms with Crippen molar-refractivity contribution in [3.8, 4) is 0 Å². The number of benzene rings is 2. The molecule has 2 aliphatic heterocycles. The highest BCUT2D eigenvalue weighted by molar-refractivity contribution is 7.60. The SMILES string of the molecule is O=C(Cl)[C@@H]1C[C@@H]2CCCC[C@@H]2N1C(=O)OCc1ccccc1.O=C(O)[C@@H]1C[C@@H]2CCCC[C@@H]2N1C(=O)OCc1ccccc1.S.S.S.S.S.S. The highest BCUT2D eigenvalue weighted by Gasteiger charge is 2.49. The van der Waals surface area contributed by atoms with Gasteiger partial charge in [-0.15, -0.1) is 0 Å². The number of carbonyl (C=O) groups is 4. The number of rotatable bonds is 6. The van der Waals surface area contributed by atoms with Gasteiger partial charge in [0.25, 0.3) is 0 Å². The van der Waals surface area contributed by atoms with Crippen LogP contribution in [0.1, 0.15) is 75.3 Å². The lowest BCUT2D eigenvalue weighted by Gasteiger charge is -2.32. The summed E-state index contributed by atoms with van der Waals surface area (Å²) in [6.45, 7) is 0.399. The number of likely N-dealkylation sites (tertiary alicyclic amines) is 2. The molecule has 2 amide bonds. The Morgan fingerprint density at radius 1 is 0.600 bits per heavy atom. The predicted molar refractivity (Wildman–Crippen MR) is 226 cm³/mol. The molecule has 2 saturated carbocycles. The number of amides is 2. The van der Waals surface area contributed by atoms with E-state index >= 15 is 0 Å². The van der Waals surface area contributed by atoms with Crippen LogP contribution in [0.15, 0.2) is 60.7 Å². The minimum atomic E-state index is -0.925. The van der Waals surface area contributed by atoms with Crippen LogP contribution in [0, 0.1) is 11.8 Å². The van der Waals surface area contributed by atoms with E-state index in [0.717, 1.165) is 62.5 Å². The summed E-state index contributed by atoms with van der Waals surface area (Å²) in [5.41, 5.74) is 1.84. The van der Waals surface area contributed by atoms with Crippen LogP contribution in [0.25, 0.3) is 0 Å². The van der Waals surface area contributed by atoms with Crippen LogP contribution < -0.4 is 0 Å². The molecule has 2 aromatic carbocycles. The highest BCUT2D eigenvalue weighted by atomic mass is 35.5. The summed E-state index contributed by atoms with van der Waals surface area (Å²) < 4.78 is 10.8. The minimum absolute atomic E-state index is 0. The minimum Gasteiger partial charge on any atom is -0.480 e. The van der Waals surface area contributed by atoms with Crippen molar-refractivity contribution in [3.63, 3.8) is 0 Å². The fourth-order valence-electron chi connectivity index (χ4n) is 7.46. The third-order valence-electron chi connectivity index (χ3n) is 9.56. The van der Waals surface area contributed by atoms with Gasteiger partial charge in [0.2, 0.25) is 5.24 Å². The van der Waals surface area contributed by atoms with Gasteiger partial charge in [0, 0.05) is 12.1 Å². The zero-order valence-corrected chi connectivity index (χ0v) is 34.6. The summed E-state index contributed by atoms with van der Waals surface area (Å²) in [5.74, 6) is -0.240. The average Bonchev–Trinajstić information content (AvgIpc) is 3.64. The number of carboxylic acids is 1. The van der Waals surface area contributed by atoms with Gasteiger partial charge in [-0.2, -0.15) is 81.0 Å². The molecule has 0 bridgehead atoms. The number of carboxylic acid groups (broad SMARTS) is 1. The molecular formula is C34H53ClN2O7S6. The molecule has 9 nitrogen and oxygen atoms in total. The van der Waals surface area contributed by atoms with Gasteiger partial charge in [-0.3, -0.25) is 14.6 Å². The van der Waals surface area contributed by atoms with Gasteiger partial charge < -0.3 is 14.6 Å². The number of carbonyl (C=O) groups excluding carboxylic acids is 3. The monoisotopic (exact) mass is 828 g/mol. The Labute approximate surface area is 342 Å². The van der Waals surface area contributed by atoms with Gasteiger partial charge in [-0.25, -0.2) is 14.4 Å². The predicted octanol–water partition coefficient (Wildman–Crippen LogP) is 7.44. The molecule has 4 aliphatic rings. The second-order valence-corrected chi connectivity index (χ2v) is 12.6. The Balaban J connectivity index is 0. The van der Waals surface area contributed by atoms with Gasteiger partial charge in [0.1, 0.15) is 25.3 Å². The van der Waals surface area contributed by atoms with Gasteiger partial charge >= 0.3 is 18.2 Å². The van der Waals surface area contributed by atoms with Crippen LogP contribution in [0.3, 0.4) is 0 Å². The lowest BCUT2D eigenvalue weighted by molar-refractivity contribution is -0.142. The van der Waals surface area contributed by atoms with Crippen LogP contribution in [-0.4, -0.2) is 62.5 Å². The normalized spacial score (nSPS) is 24.0. The van der Waals surface area contributed by atoms with E-state index in [4.69, 9.17) is 21.1 Å². The van der Waals surface area contributed by atoms with E-state index in [1.807, 2.05) is 60.7 Å². The van der Waals surface area contributed by atoms with E-state index in [1.54, 1.807) is 4.90 Å². The van der Waals surface area contributed by atoms with E-state index in [2.05, 4.69) is 0 Å². The zero-order valence-electron chi connectivity index (χ0n) is 27.9. The summed E-state index contributed by atoms with van der Waals surface area (Å²) in [4.78, 5) is 51.2. The number of fused-ring (bicyclic) bond motifs is 2.